The number of carbonyl (C=O) groups is 2. The van der Waals surface area contributed by atoms with E-state index in [2.05, 4.69) is 29.3 Å². The maximum atomic E-state index is 13.7. The number of hydrogen-bond donors (Lipinski definition) is 2. The lowest BCUT2D eigenvalue weighted by Crippen LogP contribution is -2.75. The van der Waals surface area contributed by atoms with Gasteiger partial charge in [-0.25, -0.2) is 0 Å². The smallest absolute Gasteiger partial charge is 0.248 e. The summed E-state index contributed by atoms with van der Waals surface area (Å²) in [6, 6.07) is 9.40. The number of nitrogens with zero attached hydrogens (tertiary/aromatic N) is 2. The molecule has 36 heavy (non-hydrogen) atoms. The minimum absolute atomic E-state index is 0.0658. The summed E-state index contributed by atoms with van der Waals surface area (Å²) in [4.78, 5) is 31.5. The topological polar surface area (TPSA) is 82.1 Å². The molecular formula is C29H45N3O4. The molecule has 3 fully saturated rings. The number of benzene rings is 1. The van der Waals surface area contributed by atoms with E-state index in [1.807, 2.05) is 23.1 Å². The molecule has 1 aromatic carbocycles. The number of piperazine rings is 1. The van der Waals surface area contributed by atoms with Crippen LogP contribution >= 0.6 is 0 Å². The summed E-state index contributed by atoms with van der Waals surface area (Å²) in [5, 5.41) is 14.1. The second kappa shape index (κ2) is 13.0. The highest BCUT2D eigenvalue weighted by molar-refractivity contribution is 6.00. The van der Waals surface area contributed by atoms with Gasteiger partial charge in [-0.1, -0.05) is 62.9 Å². The molecule has 1 aromatic rings. The average molecular weight is 500 g/mol. The molecule has 1 spiro atoms. The van der Waals surface area contributed by atoms with Gasteiger partial charge in [-0.2, -0.15) is 0 Å². The van der Waals surface area contributed by atoms with Gasteiger partial charge >= 0.3 is 0 Å². The summed E-state index contributed by atoms with van der Waals surface area (Å²) < 4.78 is 5.83. The van der Waals surface area contributed by atoms with Crippen LogP contribution in [0.5, 0.6) is 0 Å². The largest absolute Gasteiger partial charge is 0.390 e. The lowest BCUT2D eigenvalue weighted by atomic mass is 9.78. The van der Waals surface area contributed by atoms with Crippen LogP contribution in [0.2, 0.25) is 0 Å². The number of unbranched alkanes of at least 4 members (excludes halogenated alkanes) is 1. The van der Waals surface area contributed by atoms with Crippen LogP contribution in [0.1, 0.15) is 76.7 Å². The average Bonchev–Trinajstić information content (AvgIpc) is 2.92. The highest BCUT2D eigenvalue weighted by Crippen LogP contribution is 2.36. The molecule has 4 rings (SSSR count). The van der Waals surface area contributed by atoms with Crippen LogP contribution in [-0.2, 0) is 20.9 Å². The van der Waals surface area contributed by atoms with Crippen molar-refractivity contribution in [3.05, 3.63) is 35.9 Å². The molecule has 2 heterocycles. The highest BCUT2D eigenvalue weighted by Gasteiger charge is 2.55. The molecule has 1 aliphatic carbocycles. The van der Waals surface area contributed by atoms with Gasteiger partial charge in [-0.05, 0) is 50.0 Å². The fourth-order valence-corrected chi connectivity index (χ4v) is 6.26. The number of nitrogens with one attached hydrogen (secondary N) is 1. The monoisotopic (exact) mass is 499 g/mol. The van der Waals surface area contributed by atoms with Crippen molar-refractivity contribution >= 4 is 11.8 Å². The quantitative estimate of drug-likeness (QED) is 0.456. The normalized spacial score (nSPS) is 24.2. The van der Waals surface area contributed by atoms with Crippen molar-refractivity contribution in [3.8, 4) is 0 Å². The Balaban J connectivity index is 1.31. The minimum Gasteiger partial charge on any atom is -0.390 e. The van der Waals surface area contributed by atoms with E-state index in [0.29, 0.717) is 32.6 Å². The second-order valence-corrected chi connectivity index (χ2v) is 10.9. The van der Waals surface area contributed by atoms with Crippen molar-refractivity contribution in [2.75, 3.05) is 32.8 Å². The van der Waals surface area contributed by atoms with Crippen molar-refractivity contribution < 1.29 is 19.4 Å². The van der Waals surface area contributed by atoms with Crippen molar-refractivity contribution in [2.45, 2.75) is 95.4 Å². The van der Waals surface area contributed by atoms with Gasteiger partial charge in [-0.3, -0.25) is 9.59 Å². The Morgan fingerprint density at radius 3 is 2.47 bits per heavy atom. The van der Waals surface area contributed by atoms with E-state index in [1.54, 1.807) is 0 Å². The summed E-state index contributed by atoms with van der Waals surface area (Å²) in [5.41, 5.74) is 0.402. The number of hydrogen-bond acceptors (Lipinski definition) is 5. The number of rotatable bonds is 11. The van der Waals surface area contributed by atoms with Crippen LogP contribution in [-0.4, -0.2) is 77.2 Å². The molecule has 2 aliphatic heterocycles. The number of ether oxygens (including phenoxy) is 1. The van der Waals surface area contributed by atoms with Gasteiger partial charge in [0.25, 0.3) is 0 Å². The molecule has 0 unspecified atom stereocenters. The predicted molar refractivity (Wildman–Crippen MR) is 140 cm³/mol. The van der Waals surface area contributed by atoms with E-state index in [0.717, 1.165) is 64.6 Å². The molecule has 1 saturated carbocycles. The predicted octanol–water partition coefficient (Wildman–Crippen LogP) is 3.50. The minimum atomic E-state index is -0.803. The van der Waals surface area contributed by atoms with E-state index in [4.69, 9.17) is 4.74 Å². The zero-order valence-electron chi connectivity index (χ0n) is 22.0. The van der Waals surface area contributed by atoms with Gasteiger partial charge in [0, 0.05) is 32.8 Å². The van der Waals surface area contributed by atoms with Crippen LogP contribution in [0.3, 0.4) is 0 Å². The van der Waals surface area contributed by atoms with E-state index >= 15 is 0 Å². The molecule has 2 atom stereocenters. The van der Waals surface area contributed by atoms with E-state index < -0.39 is 17.7 Å². The van der Waals surface area contributed by atoms with Crippen LogP contribution in [0.15, 0.2) is 30.3 Å². The second-order valence-electron chi connectivity index (χ2n) is 10.9. The number of aliphatic hydroxyl groups excluding tert-OH is 1. The van der Waals surface area contributed by atoms with E-state index in [-0.39, 0.29) is 17.7 Å². The van der Waals surface area contributed by atoms with Gasteiger partial charge in [0.2, 0.25) is 11.8 Å². The first-order valence-corrected chi connectivity index (χ1v) is 14.2. The Bertz CT molecular complexity index is 834. The summed E-state index contributed by atoms with van der Waals surface area (Å²) in [6.45, 7) is 6.54. The fourth-order valence-electron chi connectivity index (χ4n) is 6.26. The van der Waals surface area contributed by atoms with Gasteiger partial charge in [0.15, 0.2) is 0 Å². The summed E-state index contributed by atoms with van der Waals surface area (Å²) in [7, 11) is 0. The Labute approximate surface area is 216 Å². The zero-order chi connectivity index (χ0) is 25.4. The molecule has 0 aromatic heterocycles. The number of aliphatic hydroxyl groups is 1. The first kappa shape index (κ1) is 27.1. The molecule has 3 aliphatic rings. The van der Waals surface area contributed by atoms with Gasteiger partial charge in [0.1, 0.15) is 11.6 Å². The molecule has 7 nitrogen and oxygen atoms in total. The molecule has 0 radical (unpaired) electrons. The summed E-state index contributed by atoms with van der Waals surface area (Å²) in [5.74, 6) is -0.0474. The molecule has 0 bridgehead atoms. The SMILES string of the molecule is CCCCN1C(=O)[C@@H]([C@H](O)C2CCCCC2)NC(=O)C12CCN(CCCOCc1ccccc1)CC2. The van der Waals surface area contributed by atoms with E-state index in [9.17, 15) is 14.7 Å². The zero-order valence-corrected chi connectivity index (χ0v) is 22.0. The maximum Gasteiger partial charge on any atom is 0.248 e. The van der Waals surface area contributed by atoms with Crippen molar-refractivity contribution in [3.63, 3.8) is 0 Å². The molecule has 2 amide bonds. The van der Waals surface area contributed by atoms with Crippen LogP contribution in [0.4, 0.5) is 0 Å². The third-order valence-corrected chi connectivity index (χ3v) is 8.53. The fraction of sp³-hybridized carbons (Fsp3) is 0.724. The summed E-state index contributed by atoms with van der Waals surface area (Å²) in [6.07, 6.45) is 8.52. The van der Waals surface area contributed by atoms with Crippen LogP contribution < -0.4 is 5.32 Å². The Kier molecular flexibility index (Phi) is 9.80. The Morgan fingerprint density at radius 1 is 1.06 bits per heavy atom. The lowest BCUT2D eigenvalue weighted by molar-refractivity contribution is -0.166. The standard InChI is InChI=1S/C29H45N3O4/c1-2-3-18-32-27(34)25(26(33)24-13-8-5-9-14-24)30-28(35)29(32)15-19-31(20-16-29)17-10-21-36-22-23-11-6-4-7-12-23/h4,6-7,11-12,24-26,33H,2-3,5,8-10,13-22H2,1H3,(H,30,35)/t25-,26-/m1/s1. The van der Waals surface area contributed by atoms with Gasteiger partial charge in [0.05, 0.1) is 12.7 Å². The first-order chi connectivity index (χ1) is 17.5. The van der Waals surface area contributed by atoms with Crippen LogP contribution in [0.25, 0.3) is 0 Å². The molecule has 2 N–H and O–H groups in total. The number of likely N-dealkylation sites (tertiary alicyclic amines) is 1. The van der Waals surface area contributed by atoms with Crippen molar-refractivity contribution in [1.29, 1.82) is 0 Å². The third-order valence-electron chi connectivity index (χ3n) is 8.53. The summed E-state index contributed by atoms with van der Waals surface area (Å²) >= 11 is 0. The molecule has 7 heteroatoms. The molecular weight excluding hydrogens is 454 g/mol. The van der Waals surface area contributed by atoms with Crippen molar-refractivity contribution in [2.24, 2.45) is 5.92 Å². The van der Waals surface area contributed by atoms with Gasteiger partial charge < -0.3 is 25.0 Å². The number of amides is 2. The third kappa shape index (κ3) is 6.29. The molecule has 2 saturated heterocycles. The van der Waals surface area contributed by atoms with E-state index in [1.165, 1.54) is 12.0 Å². The Morgan fingerprint density at radius 2 is 1.78 bits per heavy atom. The molecule has 200 valence electrons. The van der Waals surface area contributed by atoms with Crippen LogP contribution in [0, 0.1) is 5.92 Å². The maximum absolute atomic E-state index is 13.7. The van der Waals surface area contributed by atoms with Crippen molar-refractivity contribution in [1.82, 2.24) is 15.1 Å². The number of piperidine rings is 1. The van der Waals surface area contributed by atoms with Gasteiger partial charge in [-0.15, -0.1) is 0 Å². The lowest BCUT2D eigenvalue weighted by Gasteiger charge is -2.52. The Hall–Kier alpha value is -1.96. The number of carbonyl (C=O) groups excluding carboxylic acids is 2. The first-order valence-electron chi connectivity index (χ1n) is 14.2. The highest BCUT2D eigenvalue weighted by atomic mass is 16.5.